The second-order valence-electron chi connectivity index (χ2n) is 7.89. The van der Waals surface area contributed by atoms with Crippen molar-refractivity contribution in [3.63, 3.8) is 0 Å². The predicted octanol–water partition coefficient (Wildman–Crippen LogP) is 5.13. The Kier molecular flexibility index (Phi) is 8.47. The van der Waals surface area contributed by atoms with Gasteiger partial charge in [-0.15, -0.1) is 21.5 Å². The zero-order valence-electron chi connectivity index (χ0n) is 19.9. The molecule has 2 aliphatic rings. The Bertz CT molecular complexity index is 1090. The first kappa shape index (κ1) is 24.6. The molecule has 34 heavy (non-hydrogen) atoms. The van der Waals surface area contributed by atoms with E-state index in [0.717, 1.165) is 73.6 Å². The fourth-order valence-corrected chi connectivity index (χ4v) is 5.55. The van der Waals surface area contributed by atoms with Crippen molar-refractivity contribution in [3.8, 4) is 16.3 Å². The molecule has 0 atom stereocenters. The fourth-order valence-electron chi connectivity index (χ4n) is 3.96. The highest BCUT2D eigenvalue weighted by molar-refractivity contribution is 7.19. The maximum absolute atomic E-state index is 12.7. The number of anilines is 2. The third-order valence-corrected chi connectivity index (χ3v) is 7.54. The molecule has 0 spiro atoms. The van der Waals surface area contributed by atoms with E-state index in [1.807, 2.05) is 32.9 Å². The van der Waals surface area contributed by atoms with Crippen molar-refractivity contribution in [2.75, 3.05) is 43.1 Å². The van der Waals surface area contributed by atoms with Crippen LogP contribution in [0.25, 0.3) is 10.6 Å². The molecular weight excluding hydrogens is 470 g/mol. The minimum atomic E-state index is -0.268. The number of nitrogens with zero attached hydrogens (tertiary/aromatic N) is 4. The van der Waals surface area contributed by atoms with Gasteiger partial charge in [0.2, 0.25) is 10.3 Å². The molecule has 0 unspecified atom stereocenters. The van der Waals surface area contributed by atoms with Crippen LogP contribution in [-0.2, 0) is 11.2 Å². The van der Waals surface area contributed by atoms with E-state index < -0.39 is 0 Å². The second kappa shape index (κ2) is 11.7. The lowest BCUT2D eigenvalue weighted by atomic mass is 9.98. The lowest BCUT2D eigenvalue weighted by Crippen LogP contribution is -2.35. The van der Waals surface area contributed by atoms with Gasteiger partial charge >= 0.3 is 0 Å². The molecule has 1 amide bonds. The number of aromatic nitrogens is 3. The SMILES string of the molecule is CC.CCOCC1CCN(c2nnc(NC(=O)c3csc(-c4ccc5c(c4)CCO5)n3)s2)CC1. The second-order valence-corrected chi connectivity index (χ2v) is 9.71. The summed E-state index contributed by atoms with van der Waals surface area (Å²) < 4.78 is 11.1. The number of piperidine rings is 1. The van der Waals surface area contributed by atoms with Gasteiger partial charge in [0.05, 0.1) is 6.61 Å². The number of benzene rings is 1. The van der Waals surface area contributed by atoms with Crippen molar-refractivity contribution in [2.24, 2.45) is 5.92 Å². The van der Waals surface area contributed by atoms with E-state index in [1.54, 1.807) is 5.38 Å². The Morgan fingerprint density at radius 3 is 2.88 bits per heavy atom. The number of hydrogen-bond donors (Lipinski definition) is 1. The van der Waals surface area contributed by atoms with Gasteiger partial charge in [-0.25, -0.2) is 4.98 Å². The molecule has 1 N–H and O–H groups in total. The van der Waals surface area contributed by atoms with E-state index in [2.05, 4.69) is 31.5 Å². The molecular formula is C24H31N5O3S2. The lowest BCUT2D eigenvalue weighted by molar-refractivity contribution is 0.100. The molecule has 0 saturated carbocycles. The number of rotatable bonds is 7. The molecule has 0 radical (unpaired) electrons. The van der Waals surface area contributed by atoms with Crippen LogP contribution in [0.1, 0.15) is 49.7 Å². The number of nitrogens with one attached hydrogen (secondary N) is 1. The van der Waals surface area contributed by atoms with Crippen LogP contribution in [0.5, 0.6) is 5.75 Å². The van der Waals surface area contributed by atoms with Crippen molar-refractivity contribution in [1.29, 1.82) is 0 Å². The highest BCUT2D eigenvalue weighted by Gasteiger charge is 2.23. The first-order valence-corrected chi connectivity index (χ1v) is 13.6. The molecule has 5 rings (SSSR count). The number of fused-ring (bicyclic) bond motifs is 1. The Morgan fingerprint density at radius 2 is 2.09 bits per heavy atom. The van der Waals surface area contributed by atoms with Crippen molar-refractivity contribution in [2.45, 2.75) is 40.0 Å². The molecule has 2 aliphatic heterocycles. The maximum atomic E-state index is 12.7. The molecule has 8 nitrogen and oxygen atoms in total. The van der Waals surface area contributed by atoms with E-state index >= 15 is 0 Å². The largest absolute Gasteiger partial charge is 0.493 e. The molecule has 10 heteroatoms. The topological polar surface area (TPSA) is 89.5 Å². The summed E-state index contributed by atoms with van der Waals surface area (Å²) in [7, 11) is 0. The summed E-state index contributed by atoms with van der Waals surface area (Å²) in [5.41, 5.74) is 2.58. The van der Waals surface area contributed by atoms with E-state index in [4.69, 9.17) is 9.47 Å². The van der Waals surface area contributed by atoms with Crippen molar-refractivity contribution in [1.82, 2.24) is 15.2 Å². The number of hydrogen-bond acceptors (Lipinski definition) is 9. The number of carbonyl (C=O) groups excluding carboxylic acids is 1. The molecule has 2 aromatic heterocycles. The van der Waals surface area contributed by atoms with Crippen molar-refractivity contribution < 1.29 is 14.3 Å². The molecule has 1 aromatic carbocycles. The summed E-state index contributed by atoms with van der Waals surface area (Å²) in [6, 6.07) is 6.05. The summed E-state index contributed by atoms with van der Waals surface area (Å²) in [5.74, 6) is 1.28. The van der Waals surface area contributed by atoms with Crippen LogP contribution in [0.15, 0.2) is 23.6 Å². The summed E-state index contributed by atoms with van der Waals surface area (Å²) in [6.07, 6.45) is 3.07. The number of thiazole rings is 1. The number of carbonyl (C=O) groups is 1. The molecule has 1 fully saturated rings. The van der Waals surface area contributed by atoms with Crippen molar-refractivity contribution >= 4 is 38.8 Å². The van der Waals surface area contributed by atoms with Crippen LogP contribution >= 0.6 is 22.7 Å². The Morgan fingerprint density at radius 1 is 1.26 bits per heavy atom. The highest BCUT2D eigenvalue weighted by atomic mass is 32.1. The third-order valence-electron chi connectivity index (χ3n) is 5.75. The van der Waals surface area contributed by atoms with Gasteiger partial charge in [-0.2, -0.15) is 0 Å². The lowest BCUT2D eigenvalue weighted by Gasteiger charge is -2.31. The van der Waals surface area contributed by atoms with E-state index in [-0.39, 0.29) is 5.91 Å². The summed E-state index contributed by atoms with van der Waals surface area (Å²) >= 11 is 2.86. The summed E-state index contributed by atoms with van der Waals surface area (Å²) in [4.78, 5) is 19.5. The summed E-state index contributed by atoms with van der Waals surface area (Å²) in [6.45, 7) is 10.2. The van der Waals surface area contributed by atoms with Gasteiger partial charge in [-0.05, 0) is 49.4 Å². The smallest absolute Gasteiger partial charge is 0.276 e. The molecule has 1 saturated heterocycles. The minimum Gasteiger partial charge on any atom is -0.493 e. The van der Waals surface area contributed by atoms with Gasteiger partial charge in [-0.1, -0.05) is 25.2 Å². The number of amides is 1. The first-order valence-electron chi connectivity index (χ1n) is 11.9. The van der Waals surface area contributed by atoms with Crippen LogP contribution < -0.4 is 15.0 Å². The van der Waals surface area contributed by atoms with Crippen LogP contribution in [0.4, 0.5) is 10.3 Å². The van der Waals surface area contributed by atoms with E-state index in [0.29, 0.717) is 16.7 Å². The van der Waals surface area contributed by atoms with E-state index in [1.165, 1.54) is 28.2 Å². The molecule has 0 bridgehead atoms. The molecule has 182 valence electrons. The molecule has 3 aromatic rings. The van der Waals surface area contributed by atoms with Gasteiger partial charge in [0, 0.05) is 43.7 Å². The fraction of sp³-hybridized carbons (Fsp3) is 0.500. The van der Waals surface area contributed by atoms with Crippen molar-refractivity contribution in [3.05, 3.63) is 34.8 Å². The van der Waals surface area contributed by atoms with Gasteiger partial charge < -0.3 is 14.4 Å². The van der Waals surface area contributed by atoms with Gasteiger partial charge in [-0.3, -0.25) is 10.1 Å². The van der Waals surface area contributed by atoms with E-state index in [9.17, 15) is 4.79 Å². The van der Waals surface area contributed by atoms with Crippen LogP contribution in [0.3, 0.4) is 0 Å². The van der Waals surface area contributed by atoms with Gasteiger partial charge in [0.1, 0.15) is 16.5 Å². The Labute approximate surface area is 208 Å². The van der Waals surface area contributed by atoms with Crippen LogP contribution in [0.2, 0.25) is 0 Å². The molecule has 0 aliphatic carbocycles. The minimum absolute atomic E-state index is 0.268. The van der Waals surface area contributed by atoms with Gasteiger partial charge in [0.25, 0.3) is 5.91 Å². The highest BCUT2D eigenvalue weighted by Crippen LogP contribution is 2.32. The molecule has 4 heterocycles. The average molecular weight is 502 g/mol. The third kappa shape index (κ3) is 5.73. The number of ether oxygens (including phenoxy) is 2. The monoisotopic (exact) mass is 501 g/mol. The normalized spacial score (nSPS) is 15.3. The Hall–Kier alpha value is -2.56. The van der Waals surface area contributed by atoms with Crippen LogP contribution in [-0.4, -0.2) is 54.0 Å². The Balaban J connectivity index is 0.00000133. The first-order chi connectivity index (χ1) is 16.7. The zero-order chi connectivity index (χ0) is 23.9. The summed E-state index contributed by atoms with van der Waals surface area (Å²) in [5, 5.41) is 15.2. The quantitative estimate of drug-likeness (QED) is 0.480. The maximum Gasteiger partial charge on any atom is 0.276 e. The standard InChI is InChI=1S/C22H25N5O3S2.C2H6/c1-2-29-12-14-5-8-27(9-6-14)22-26-25-21(32-22)24-19(28)17-13-31-20(23-17)16-3-4-18-15(11-16)7-10-30-18;1-2/h3-4,11,13-14H,2,5-10,12H2,1H3,(H,24,25,28);1-2H3. The van der Waals surface area contributed by atoms with Gasteiger partial charge in [0.15, 0.2) is 0 Å². The van der Waals surface area contributed by atoms with Crippen LogP contribution in [0, 0.1) is 5.92 Å². The zero-order valence-corrected chi connectivity index (χ0v) is 21.5. The predicted molar refractivity (Wildman–Crippen MR) is 137 cm³/mol. The average Bonchev–Trinajstić information content (AvgIpc) is 3.64.